The molecule has 80 valence electrons. The number of hydrogen-bond donors (Lipinski definition) is 1. The second-order valence-electron chi connectivity index (χ2n) is 3.31. The molecule has 0 spiro atoms. The van der Waals surface area contributed by atoms with E-state index in [4.69, 9.17) is 0 Å². The summed E-state index contributed by atoms with van der Waals surface area (Å²) in [6, 6.07) is 8.90. The molecule has 1 aromatic carbocycles. The summed E-state index contributed by atoms with van der Waals surface area (Å²) >= 11 is 0. The zero-order valence-corrected chi connectivity index (χ0v) is 8.99. The maximum atomic E-state index is 11.9. The Morgan fingerprint density at radius 2 is 1.87 bits per heavy atom. The lowest BCUT2D eigenvalue weighted by Gasteiger charge is -2.11. The highest BCUT2D eigenvalue weighted by Gasteiger charge is 2.24. The first-order valence-electron chi connectivity index (χ1n) is 5.01. The summed E-state index contributed by atoms with van der Waals surface area (Å²) in [5.74, 6) is -0.902. The second-order valence-corrected chi connectivity index (χ2v) is 3.31. The van der Waals surface area contributed by atoms with Crippen LogP contribution in [0, 0.1) is 5.92 Å². The molecular formula is C12H15NO2. The number of carbonyl (C=O) groups is 2. The molecule has 0 radical (unpaired) electrons. The third-order valence-corrected chi connectivity index (χ3v) is 2.35. The number of carbonyl (C=O) groups excluding carboxylic acids is 2. The Balaban J connectivity index is 2.87. The monoisotopic (exact) mass is 205 g/mol. The molecule has 0 heterocycles. The molecule has 15 heavy (non-hydrogen) atoms. The molecular weight excluding hydrogens is 190 g/mol. The normalized spacial score (nSPS) is 11.9. The highest BCUT2D eigenvalue weighted by atomic mass is 16.2. The number of rotatable bonds is 4. The molecule has 1 atom stereocenters. The van der Waals surface area contributed by atoms with Crippen LogP contribution < -0.4 is 5.32 Å². The summed E-state index contributed by atoms with van der Waals surface area (Å²) in [7, 11) is 1.54. The third kappa shape index (κ3) is 2.65. The molecule has 0 saturated carbocycles. The van der Waals surface area contributed by atoms with Crippen molar-refractivity contribution in [2.45, 2.75) is 13.3 Å². The maximum absolute atomic E-state index is 11.9. The van der Waals surface area contributed by atoms with Crippen LogP contribution in [0.3, 0.4) is 0 Å². The summed E-state index contributed by atoms with van der Waals surface area (Å²) in [5, 5.41) is 2.51. The van der Waals surface area contributed by atoms with Crippen molar-refractivity contribution in [2.24, 2.45) is 5.92 Å². The van der Waals surface area contributed by atoms with E-state index in [9.17, 15) is 9.59 Å². The van der Waals surface area contributed by atoms with Crippen LogP contribution in [0.25, 0.3) is 0 Å². The molecule has 1 aromatic rings. The molecule has 0 aliphatic carbocycles. The Labute approximate surface area is 89.5 Å². The fourth-order valence-corrected chi connectivity index (χ4v) is 1.47. The molecule has 0 bridgehead atoms. The lowest BCUT2D eigenvalue weighted by molar-refractivity contribution is -0.123. The van der Waals surface area contributed by atoms with Crippen molar-refractivity contribution in [1.82, 2.24) is 5.32 Å². The Kier molecular flexibility index (Phi) is 4.03. The molecule has 0 unspecified atom stereocenters. The predicted octanol–water partition coefficient (Wildman–Crippen LogP) is 1.64. The number of amides is 1. The van der Waals surface area contributed by atoms with Crippen LogP contribution in [0.4, 0.5) is 0 Å². The van der Waals surface area contributed by atoms with Gasteiger partial charge in [0.05, 0.1) is 0 Å². The smallest absolute Gasteiger partial charge is 0.230 e. The average Bonchev–Trinajstić information content (AvgIpc) is 2.30. The van der Waals surface area contributed by atoms with Crippen molar-refractivity contribution in [2.75, 3.05) is 7.05 Å². The van der Waals surface area contributed by atoms with Crippen molar-refractivity contribution in [3.63, 3.8) is 0 Å². The summed E-state index contributed by atoms with van der Waals surface area (Å²) in [6.07, 6.45) is 0.521. The molecule has 0 saturated heterocycles. The van der Waals surface area contributed by atoms with Gasteiger partial charge >= 0.3 is 0 Å². The van der Waals surface area contributed by atoms with Gasteiger partial charge in [0.1, 0.15) is 5.92 Å². The SMILES string of the molecule is CC[C@@H](C(=O)NC)C(=O)c1ccccc1. The van der Waals surface area contributed by atoms with Gasteiger partial charge in [0.25, 0.3) is 0 Å². The van der Waals surface area contributed by atoms with E-state index in [0.717, 1.165) is 0 Å². The Bertz CT molecular complexity index is 346. The first-order chi connectivity index (χ1) is 7.20. The second kappa shape index (κ2) is 5.29. The number of nitrogens with one attached hydrogen (secondary N) is 1. The molecule has 1 amide bonds. The summed E-state index contributed by atoms with van der Waals surface area (Å²) < 4.78 is 0. The van der Waals surface area contributed by atoms with E-state index >= 15 is 0 Å². The van der Waals surface area contributed by atoms with Gasteiger partial charge in [-0.2, -0.15) is 0 Å². The minimum Gasteiger partial charge on any atom is -0.359 e. The third-order valence-electron chi connectivity index (χ3n) is 2.35. The van der Waals surface area contributed by atoms with Gasteiger partial charge in [0.2, 0.25) is 5.91 Å². The van der Waals surface area contributed by atoms with Gasteiger partial charge in [0, 0.05) is 12.6 Å². The lowest BCUT2D eigenvalue weighted by atomic mass is 9.94. The van der Waals surface area contributed by atoms with Crippen LogP contribution in [0.2, 0.25) is 0 Å². The van der Waals surface area contributed by atoms with Crippen molar-refractivity contribution in [3.8, 4) is 0 Å². The topological polar surface area (TPSA) is 46.2 Å². The Hall–Kier alpha value is -1.64. The van der Waals surface area contributed by atoms with Crippen molar-refractivity contribution >= 4 is 11.7 Å². The van der Waals surface area contributed by atoms with Gasteiger partial charge in [-0.15, -0.1) is 0 Å². The number of benzene rings is 1. The van der Waals surface area contributed by atoms with E-state index in [2.05, 4.69) is 5.32 Å². The van der Waals surface area contributed by atoms with E-state index in [1.54, 1.807) is 31.3 Å². The molecule has 3 heteroatoms. The zero-order valence-electron chi connectivity index (χ0n) is 8.99. The highest BCUT2D eigenvalue weighted by Crippen LogP contribution is 2.12. The summed E-state index contributed by atoms with van der Waals surface area (Å²) in [5.41, 5.74) is 0.591. The predicted molar refractivity (Wildman–Crippen MR) is 58.6 cm³/mol. The molecule has 0 aliphatic rings. The van der Waals surface area contributed by atoms with Gasteiger partial charge in [-0.25, -0.2) is 0 Å². The van der Waals surface area contributed by atoms with E-state index in [1.165, 1.54) is 0 Å². The zero-order chi connectivity index (χ0) is 11.3. The number of Topliss-reactive ketones (excluding diaryl/α,β-unsaturated/α-hetero) is 1. The number of hydrogen-bond acceptors (Lipinski definition) is 2. The highest BCUT2D eigenvalue weighted by molar-refractivity contribution is 6.09. The fourth-order valence-electron chi connectivity index (χ4n) is 1.47. The molecule has 1 N–H and O–H groups in total. The van der Waals surface area contributed by atoms with Gasteiger partial charge in [-0.3, -0.25) is 9.59 Å². The molecule has 0 aliphatic heterocycles. The Morgan fingerprint density at radius 3 is 2.33 bits per heavy atom. The van der Waals surface area contributed by atoms with Crippen molar-refractivity contribution < 1.29 is 9.59 Å². The van der Waals surface area contributed by atoms with Crippen LogP contribution in [-0.2, 0) is 4.79 Å². The Morgan fingerprint density at radius 1 is 1.27 bits per heavy atom. The van der Waals surface area contributed by atoms with Gasteiger partial charge < -0.3 is 5.32 Å². The van der Waals surface area contributed by atoms with E-state index in [0.29, 0.717) is 12.0 Å². The maximum Gasteiger partial charge on any atom is 0.230 e. The molecule has 3 nitrogen and oxygen atoms in total. The van der Waals surface area contributed by atoms with E-state index in [-0.39, 0.29) is 11.7 Å². The fraction of sp³-hybridized carbons (Fsp3) is 0.333. The molecule has 0 fully saturated rings. The van der Waals surface area contributed by atoms with Crippen LogP contribution in [0.1, 0.15) is 23.7 Å². The minimum atomic E-state index is -0.572. The first-order valence-corrected chi connectivity index (χ1v) is 5.01. The van der Waals surface area contributed by atoms with Crippen LogP contribution in [-0.4, -0.2) is 18.7 Å². The van der Waals surface area contributed by atoms with Gasteiger partial charge in [0.15, 0.2) is 5.78 Å². The summed E-state index contributed by atoms with van der Waals surface area (Å²) in [4.78, 5) is 23.3. The largest absolute Gasteiger partial charge is 0.359 e. The van der Waals surface area contributed by atoms with E-state index < -0.39 is 5.92 Å². The summed E-state index contributed by atoms with van der Waals surface area (Å²) in [6.45, 7) is 1.83. The van der Waals surface area contributed by atoms with Crippen molar-refractivity contribution in [3.05, 3.63) is 35.9 Å². The van der Waals surface area contributed by atoms with Crippen LogP contribution in [0.15, 0.2) is 30.3 Å². The number of ketones is 1. The quantitative estimate of drug-likeness (QED) is 0.600. The van der Waals surface area contributed by atoms with Gasteiger partial charge in [-0.1, -0.05) is 37.3 Å². The lowest BCUT2D eigenvalue weighted by Crippen LogP contribution is -2.32. The van der Waals surface area contributed by atoms with Crippen LogP contribution >= 0.6 is 0 Å². The molecule has 0 aromatic heterocycles. The first kappa shape index (κ1) is 11.4. The average molecular weight is 205 g/mol. The van der Waals surface area contributed by atoms with E-state index in [1.807, 2.05) is 13.0 Å². The van der Waals surface area contributed by atoms with Crippen LogP contribution in [0.5, 0.6) is 0 Å². The van der Waals surface area contributed by atoms with Crippen molar-refractivity contribution in [1.29, 1.82) is 0 Å². The molecule has 1 rings (SSSR count). The minimum absolute atomic E-state index is 0.113. The standard InChI is InChI=1S/C12H15NO2/c1-3-10(12(15)13-2)11(14)9-7-5-4-6-8-9/h4-8,10H,3H2,1-2H3,(H,13,15)/t10-/m1/s1. The van der Waals surface area contributed by atoms with Gasteiger partial charge in [-0.05, 0) is 6.42 Å².